The van der Waals surface area contributed by atoms with Gasteiger partial charge in [-0.2, -0.15) is 4.31 Å². The molecule has 0 bridgehead atoms. The second-order valence-electron chi connectivity index (χ2n) is 8.58. The molecule has 2 aliphatic heterocycles. The Morgan fingerprint density at radius 1 is 1.18 bits per heavy atom. The molecule has 9 heteroatoms. The van der Waals surface area contributed by atoms with Crippen molar-refractivity contribution in [3.63, 3.8) is 0 Å². The van der Waals surface area contributed by atoms with Gasteiger partial charge in [-0.15, -0.1) is 0 Å². The van der Waals surface area contributed by atoms with Gasteiger partial charge in [0.15, 0.2) is 0 Å². The van der Waals surface area contributed by atoms with Crippen molar-refractivity contribution in [1.82, 2.24) is 9.62 Å². The quantitative estimate of drug-likeness (QED) is 0.698. The molecule has 0 unspecified atom stereocenters. The number of methoxy groups -OCH3 is 1. The zero-order valence-electron chi connectivity index (χ0n) is 19.1. The summed E-state index contributed by atoms with van der Waals surface area (Å²) in [5.74, 6) is 0.321. The van der Waals surface area contributed by atoms with E-state index in [1.165, 1.54) is 17.3 Å². The number of amides is 2. The lowest BCUT2D eigenvalue weighted by Gasteiger charge is -2.24. The summed E-state index contributed by atoms with van der Waals surface area (Å²) in [6.45, 7) is 4.04. The first-order valence-corrected chi connectivity index (χ1v) is 12.5. The van der Waals surface area contributed by atoms with E-state index in [4.69, 9.17) is 4.74 Å². The first-order valence-electron chi connectivity index (χ1n) is 11.1. The van der Waals surface area contributed by atoms with Gasteiger partial charge in [0.25, 0.3) is 0 Å². The number of benzene rings is 2. The molecule has 2 aromatic carbocycles. The minimum absolute atomic E-state index is 0.0163. The van der Waals surface area contributed by atoms with Gasteiger partial charge in [0.05, 0.1) is 12.0 Å². The maximum atomic E-state index is 13.5. The fourth-order valence-electron chi connectivity index (χ4n) is 4.76. The summed E-state index contributed by atoms with van der Waals surface area (Å²) in [5, 5.41) is 2.87. The van der Waals surface area contributed by atoms with Crippen LogP contribution in [-0.2, 0) is 32.6 Å². The van der Waals surface area contributed by atoms with Crippen LogP contribution in [0.3, 0.4) is 0 Å². The molecule has 2 aromatic rings. The van der Waals surface area contributed by atoms with Gasteiger partial charge in [-0.25, -0.2) is 8.42 Å². The van der Waals surface area contributed by atoms with E-state index in [0.29, 0.717) is 31.6 Å². The summed E-state index contributed by atoms with van der Waals surface area (Å²) in [7, 11) is -2.27. The molecule has 1 fully saturated rings. The fraction of sp³-hybridized carbons (Fsp3) is 0.417. The summed E-state index contributed by atoms with van der Waals surface area (Å²) in [6, 6.07) is 11.5. The van der Waals surface area contributed by atoms with E-state index < -0.39 is 16.1 Å². The molecule has 4 rings (SSSR count). The van der Waals surface area contributed by atoms with Gasteiger partial charge in [-0.3, -0.25) is 9.59 Å². The molecular weight excluding hydrogens is 442 g/mol. The van der Waals surface area contributed by atoms with Crippen LogP contribution in [0.4, 0.5) is 5.69 Å². The molecule has 8 nitrogen and oxygen atoms in total. The van der Waals surface area contributed by atoms with Gasteiger partial charge in [0.1, 0.15) is 11.8 Å². The Kier molecular flexibility index (Phi) is 6.45. The minimum atomic E-state index is -3.85. The Labute approximate surface area is 194 Å². The van der Waals surface area contributed by atoms with Crippen LogP contribution < -0.4 is 15.0 Å². The molecular formula is C24H29N3O5S. The Balaban J connectivity index is 1.51. The highest BCUT2D eigenvalue weighted by atomic mass is 32.2. The highest BCUT2D eigenvalue weighted by Gasteiger charge is 2.40. The third-order valence-corrected chi connectivity index (χ3v) is 8.22. The van der Waals surface area contributed by atoms with Crippen molar-refractivity contribution in [2.24, 2.45) is 0 Å². The Hall–Kier alpha value is -2.91. The standard InChI is InChI=1S/C24H29N3O5S/c1-16-12-19-14-21(9-10-22(19)27(16)17(2)28)33(30,31)26-11-5-8-23(26)24(29)25-15-18-6-4-7-20(13-18)32-3/h4,6-7,9-10,13-14,16,23H,5,8,11-12,15H2,1-3H3,(H,25,29)/t16-,23+/m1/s1. The summed E-state index contributed by atoms with van der Waals surface area (Å²) >= 11 is 0. The van der Waals surface area contributed by atoms with E-state index in [1.54, 1.807) is 24.1 Å². The molecule has 2 aliphatic rings. The number of anilines is 1. The van der Waals surface area contributed by atoms with Crippen molar-refractivity contribution >= 4 is 27.5 Å². The van der Waals surface area contributed by atoms with Crippen LogP contribution in [0.1, 0.15) is 37.8 Å². The number of carbonyl (C=O) groups excluding carboxylic acids is 2. The van der Waals surface area contributed by atoms with Crippen molar-refractivity contribution in [2.45, 2.75) is 56.6 Å². The number of carbonyl (C=O) groups is 2. The fourth-order valence-corrected chi connectivity index (χ4v) is 6.47. The van der Waals surface area contributed by atoms with Gasteiger partial charge in [0, 0.05) is 31.7 Å². The van der Waals surface area contributed by atoms with Crippen LogP contribution in [0.15, 0.2) is 47.4 Å². The SMILES string of the molecule is COc1cccc(CNC(=O)[C@@H]2CCCN2S(=O)(=O)c2ccc3c(c2)C[C@@H](C)N3C(C)=O)c1. The van der Waals surface area contributed by atoms with E-state index in [9.17, 15) is 18.0 Å². The number of hydrogen-bond donors (Lipinski definition) is 1. The first kappa shape index (κ1) is 23.3. The van der Waals surface area contributed by atoms with E-state index >= 15 is 0 Å². The van der Waals surface area contributed by atoms with Crippen LogP contribution in [0, 0.1) is 0 Å². The molecule has 2 amide bonds. The maximum absolute atomic E-state index is 13.5. The number of ether oxygens (including phenoxy) is 1. The molecule has 176 valence electrons. The third kappa shape index (κ3) is 4.47. The van der Waals surface area contributed by atoms with Crippen molar-refractivity contribution in [3.8, 4) is 5.75 Å². The minimum Gasteiger partial charge on any atom is -0.497 e. The number of hydrogen-bond acceptors (Lipinski definition) is 5. The molecule has 2 heterocycles. The monoisotopic (exact) mass is 471 g/mol. The van der Waals surface area contributed by atoms with Crippen LogP contribution in [0.5, 0.6) is 5.75 Å². The summed E-state index contributed by atoms with van der Waals surface area (Å²) in [6.07, 6.45) is 1.70. The summed E-state index contributed by atoms with van der Waals surface area (Å²) < 4.78 is 33.4. The van der Waals surface area contributed by atoms with E-state index in [-0.39, 0.29) is 29.3 Å². The highest BCUT2D eigenvalue weighted by molar-refractivity contribution is 7.89. The number of rotatable bonds is 6. The summed E-state index contributed by atoms with van der Waals surface area (Å²) in [5.41, 5.74) is 2.46. The van der Waals surface area contributed by atoms with Crippen LogP contribution >= 0.6 is 0 Å². The molecule has 0 aliphatic carbocycles. The summed E-state index contributed by atoms with van der Waals surface area (Å²) in [4.78, 5) is 26.7. The number of nitrogens with zero attached hydrogens (tertiary/aromatic N) is 2. The van der Waals surface area contributed by atoms with Crippen molar-refractivity contribution in [1.29, 1.82) is 0 Å². The molecule has 0 radical (unpaired) electrons. The molecule has 33 heavy (non-hydrogen) atoms. The molecule has 1 saturated heterocycles. The predicted octanol–water partition coefficient (Wildman–Crippen LogP) is 2.46. The topological polar surface area (TPSA) is 96.0 Å². The van der Waals surface area contributed by atoms with Gasteiger partial charge >= 0.3 is 0 Å². The molecule has 1 N–H and O–H groups in total. The number of nitrogens with one attached hydrogen (secondary N) is 1. The van der Waals surface area contributed by atoms with Crippen molar-refractivity contribution in [2.75, 3.05) is 18.6 Å². The zero-order chi connectivity index (χ0) is 23.8. The van der Waals surface area contributed by atoms with Crippen molar-refractivity contribution in [3.05, 3.63) is 53.6 Å². The average molecular weight is 472 g/mol. The lowest BCUT2D eigenvalue weighted by Crippen LogP contribution is -2.45. The second kappa shape index (κ2) is 9.15. The number of sulfonamides is 1. The Morgan fingerprint density at radius 2 is 1.97 bits per heavy atom. The van der Waals surface area contributed by atoms with Crippen LogP contribution in [-0.4, -0.2) is 50.3 Å². The van der Waals surface area contributed by atoms with Crippen molar-refractivity contribution < 1.29 is 22.7 Å². The average Bonchev–Trinajstić information content (AvgIpc) is 3.41. The van der Waals surface area contributed by atoms with Crippen LogP contribution in [0.2, 0.25) is 0 Å². The van der Waals surface area contributed by atoms with E-state index in [2.05, 4.69) is 5.32 Å². The second-order valence-corrected chi connectivity index (χ2v) is 10.5. The zero-order valence-corrected chi connectivity index (χ0v) is 19.9. The van der Waals surface area contributed by atoms with Gasteiger partial charge in [-0.05, 0) is 67.6 Å². The Bertz CT molecular complexity index is 1180. The maximum Gasteiger partial charge on any atom is 0.243 e. The molecule has 0 spiro atoms. The normalized spacial score (nSPS) is 20.5. The molecule has 0 saturated carbocycles. The predicted molar refractivity (Wildman–Crippen MR) is 125 cm³/mol. The Morgan fingerprint density at radius 3 is 2.70 bits per heavy atom. The first-order chi connectivity index (χ1) is 15.7. The van der Waals surface area contributed by atoms with Gasteiger partial charge in [-0.1, -0.05) is 12.1 Å². The third-order valence-electron chi connectivity index (χ3n) is 6.32. The largest absolute Gasteiger partial charge is 0.497 e. The van der Waals surface area contributed by atoms with Crippen LogP contribution in [0.25, 0.3) is 0 Å². The van der Waals surface area contributed by atoms with E-state index in [1.807, 2.05) is 31.2 Å². The molecule has 2 atom stereocenters. The van der Waals surface area contributed by atoms with E-state index in [0.717, 1.165) is 16.8 Å². The lowest BCUT2D eigenvalue weighted by atomic mass is 10.1. The van der Waals surface area contributed by atoms with Gasteiger partial charge < -0.3 is 15.0 Å². The number of fused-ring (bicyclic) bond motifs is 1. The highest BCUT2D eigenvalue weighted by Crippen LogP contribution is 2.35. The lowest BCUT2D eigenvalue weighted by molar-refractivity contribution is -0.124. The molecule has 0 aromatic heterocycles. The smallest absolute Gasteiger partial charge is 0.243 e. The van der Waals surface area contributed by atoms with Gasteiger partial charge in [0.2, 0.25) is 21.8 Å².